The number of amides is 1. The predicted octanol–water partition coefficient (Wildman–Crippen LogP) is 3.30. The minimum Gasteiger partial charge on any atom is -0.338 e. The van der Waals surface area contributed by atoms with E-state index in [1.54, 1.807) is 6.07 Å². The van der Waals surface area contributed by atoms with Crippen molar-refractivity contribution in [2.45, 2.75) is 19.3 Å². The number of carbonyl (C=O) groups is 1. The number of rotatable bonds is 3. The molecule has 104 valence electrons. The Kier molecular flexibility index (Phi) is 5.25. The van der Waals surface area contributed by atoms with E-state index in [4.69, 9.17) is 17.3 Å². The lowest BCUT2D eigenvalue weighted by Crippen LogP contribution is -2.40. The summed E-state index contributed by atoms with van der Waals surface area (Å²) >= 11 is 9.55. The molecule has 1 atom stereocenters. The lowest BCUT2D eigenvalue weighted by Gasteiger charge is -2.33. The normalized spacial score (nSPS) is 19.5. The molecular weight excluding hydrogens is 328 g/mol. The highest BCUT2D eigenvalue weighted by Gasteiger charge is 2.25. The van der Waals surface area contributed by atoms with Gasteiger partial charge in [0.15, 0.2) is 0 Å². The average molecular weight is 346 g/mol. The van der Waals surface area contributed by atoms with E-state index in [9.17, 15) is 4.79 Å². The number of carbonyl (C=O) groups excluding carboxylic acids is 1. The van der Waals surface area contributed by atoms with Gasteiger partial charge in [-0.1, -0.05) is 17.7 Å². The van der Waals surface area contributed by atoms with Crippen LogP contribution in [0.2, 0.25) is 5.02 Å². The van der Waals surface area contributed by atoms with Crippen molar-refractivity contribution in [3.05, 3.63) is 33.3 Å². The average Bonchev–Trinajstić information content (AvgIpc) is 2.42. The Morgan fingerprint density at radius 2 is 2.32 bits per heavy atom. The van der Waals surface area contributed by atoms with Crippen LogP contribution in [0.15, 0.2) is 22.7 Å². The minimum absolute atomic E-state index is 0.0213. The summed E-state index contributed by atoms with van der Waals surface area (Å²) < 4.78 is 0.760. The Bertz CT molecular complexity index is 465. The van der Waals surface area contributed by atoms with E-state index >= 15 is 0 Å². The third-order valence-electron chi connectivity index (χ3n) is 3.56. The van der Waals surface area contributed by atoms with Gasteiger partial charge in [0, 0.05) is 17.6 Å². The molecule has 3 nitrogen and oxygen atoms in total. The van der Waals surface area contributed by atoms with E-state index in [0.717, 1.165) is 36.8 Å². The lowest BCUT2D eigenvalue weighted by molar-refractivity contribution is 0.0669. The molecule has 0 saturated carbocycles. The second-order valence-electron chi connectivity index (χ2n) is 4.94. The van der Waals surface area contributed by atoms with Crippen molar-refractivity contribution in [2.24, 2.45) is 11.7 Å². The topological polar surface area (TPSA) is 46.3 Å². The lowest BCUT2D eigenvalue weighted by atomic mass is 9.94. The molecule has 1 aliphatic heterocycles. The van der Waals surface area contributed by atoms with Gasteiger partial charge in [-0.15, -0.1) is 0 Å². The first kappa shape index (κ1) is 14.8. The van der Waals surface area contributed by atoms with Gasteiger partial charge in [0.1, 0.15) is 0 Å². The molecule has 0 bridgehead atoms. The number of piperidine rings is 1. The zero-order chi connectivity index (χ0) is 13.8. The van der Waals surface area contributed by atoms with Crippen molar-refractivity contribution >= 4 is 33.4 Å². The first-order chi connectivity index (χ1) is 9.13. The Labute approximate surface area is 127 Å². The summed E-state index contributed by atoms with van der Waals surface area (Å²) in [6.07, 6.45) is 3.19. The third kappa shape index (κ3) is 3.50. The maximum atomic E-state index is 12.5. The van der Waals surface area contributed by atoms with Crippen molar-refractivity contribution < 1.29 is 4.79 Å². The van der Waals surface area contributed by atoms with Crippen LogP contribution in [0.25, 0.3) is 0 Å². The molecule has 1 aliphatic rings. The maximum absolute atomic E-state index is 12.5. The Morgan fingerprint density at radius 1 is 1.53 bits per heavy atom. The number of nitrogens with two attached hydrogens (primary N) is 1. The largest absolute Gasteiger partial charge is 0.338 e. The highest BCUT2D eigenvalue weighted by atomic mass is 79.9. The van der Waals surface area contributed by atoms with Crippen LogP contribution in [0.3, 0.4) is 0 Å². The molecule has 2 N–H and O–H groups in total. The van der Waals surface area contributed by atoms with E-state index in [-0.39, 0.29) is 5.91 Å². The molecular formula is C14H18BrClN2O. The van der Waals surface area contributed by atoms with Crippen LogP contribution in [0, 0.1) is 5.92 Å². The van der Waals surface area contributed by atoms with Crippen LogP contribution in [0.4, 0.5) is 0 Å². The molecule has 1 unspecified atom stereocenters. The number of halogens is 2. The van der Waals surface area contributed by atoms with Crippen LogP contribution in [0.5, 0.6) is 0 Å². The first-order valence-corrected chi connectivity index (χ1v) is 7.74. The van der Waals surface area contributed by atoms with E-state index in [1.165, 1.54) is 0 Å². The van der Waals surface area contributed by atoms with Gasteiger partial charge in [0.05, 0.1) is 10.6 Å². The van der Waals surface area contributed by atoms with Crippen LogP contribution < -0.4 is 5.73 Å². The van der Waals surface area contributed by atoms with Crippen LogP contribution in [-0.4, -0.2) is 30.4 Å². The number of benzene rings is 1. The molecule has 1 fully saturated rings. The number of hydrogen-bond acceptors (Lipinski definition) is 2. The Hall–Kier alpha value is -0.580. The van der Waals surface area contributed by atoms with Crippen LogP contribution >= 0.6 is 27.5 Å². The smallest absolute Gasteiger partial charge is 0.255 e. The number of likely N-dealkylation sites (tertiary alicyclic amines) is 1. The molecule has 0 spiro atoms. The van der Waals surface area contributed by atoms with Crippen molar-refractivity contribution in [3.8, 4) is 0 Å². The monoisotopic (exact) mass is 344 g/mol. The van der Waals surface area contributed by atoms with Gasteiger partial charge in [-0.25, -0.2) is 0 Å². The Morgan fingerprint density at radius 3 is 3.05 bits per heavy atom. The summed E-state index contributed by atoms with van der Waals surface area (Å²) in [5.74, 6) is 0.543. The molecule has 1 saturated heterocycles. The zero-order valence-electron chi connectivity index (χ0n) is 10.7. The van der Waals surface area contributed by atoms with Crippen LogP contribution in [-0.2, 0) is 0 Å². The van der Waals surface area contributed by atoms with Gasteiger partial charge in [0.25, 0.3) is 5.91 Å². The maximum Gasteiger partial charge on any atom is 0.255 e. The first-order valence-electron chi connectivity index (χ1n) is 6.57. The molecule has 5 heteroatoms. The van der Waals surface area contributed by atoms with Gasteiger partial charge in [-0.2, -0.15) is 0 Å². The minimum atomic E-state index is 0.0213. The van der Waals surface area contributed by atoms with E-state index in [2.05, 4.69) is 15.9 Å². The second kappa shape index (κ2) is 6.73. The molecule has 0 aliphatic carbocycles. The van der Waals surface area contributed by atoms with Crippen LogP contribution in [0.1, 0.15) is 29.6 Å². The second-order valence-corrected chi connectivity index (χ2v) is 6.17. The molecule has 19 heavy (non-hydrogen) atoms. The van der Waals surface area contributed by atoms with Gasteiger partial charge >= 0.3 is 0 Å². The molecule has 1 amide bonds. The SMILES string of the molecule is NCCC1CCCN(C(=O)c2cccc(Br)c2Cl)C1. The summed E-state index contributed by atoms with van der Waals surface area (Å²) in [4.78, 5) is 14.4. The van der Waals surface area contributed by atoms with Crippen molar-refractivity contribution in [3.63, 3.8) is 0 Å². The summed E-state index contributed by atoms with van der Waals surface area (Å²) in [5, 5.41) is 0.494. The molecule has 1 aromatic rings. The quantitative estimate of drug-likeness (QED) is 0.913. The standard InChI is InChI=1S/C14H18BrClN2O/c15-12-5-1-4-11(13(12)16)14(19)18-8-2-3-10(9-18)6-7-17/h1,4-5,10H,2-3,6-9,17H2. The summed E-state index contributed by atoms with van der Waals surface area (Å²) in [6.45, 7) is 2.28. The Balaban J connectivity index is 2.12. The highest BCUT2D eigenvalue weighted by Crippen LogP contribution is 2.28. The number of hydrogen-bond donors (Lipinski definition) is 1. The fraction of sp³-hybridized carbons (Fsp3) is 0.500. The van der Waals surface area contributed by atoms with E-state index in [0.29, 0.717) is 23.0 Å². The van der Waals surface area contributed by atoms with Crippen molar-refractivity contribution in [2.75, 3.05) is 19.6 Å². The summed E-state index contributed by atoms with van der Waals surface area (Å²) in [7, 11) is 0. The third-order valence-corrected chi connectivity index (χ3v) is 4.86. The fourth-order valence-corrected chi connectivity index (χ4v) is 3.13. The highest BCUT2D eigenvalue weighted by molar-refractivity contribution is 9.10. The van der Waals surface area contributed by atoms with E-state index in [1.807, 2.05) is 17.0 Å². The molecule has 0 radical (unpaired) electrons. The van der Waals surface area contributed by atoms with E-state index < -0.39 is 0 Å². The van der Waals surface area contributed by atoms with Gasteiger partial charge in [-0.3, -0.25) is 4.79 Å². The molecule has 1 heterocycles. The summed E-state index contributed by atoms with van der Waals surface area (Å²) in [5.41, 5.74) is 6.18. The zero-order valence-corrected chi connectivity index (χ0v) is 13.1. The van der Waals surface area contributed by atoms with Gasteiger partial charge < -0.3 is 10.6 Å². The van der Waals surface area contributed by atoms with Crippen molar-refractivity contribution in [1.29, 1.82) is 0 Å². The molecule has 2 rings (SSSR count). The summed E-state index contributed by atoms with van der Waals surface area (Å²) in [6, 6.07) is 5.46. The molecule has 1 aromatic carbocycles. The molecule has 0 aromatic heterocycles. The predicted molar refractivity (Wildman–Crippen MR) is 81.5 cm³/mol. The van der Waals surface area contributed by atoms with Gasteiger partial charge in [-0.05, 0) is 59.8 Å². The fourth-order valence-electron chi connectivity index (χ4n) is 2.56. The van der Waals surface area contributed by atoms with Crippen molar-refractivity contribution in [1.82, 2.24) is 4.90 Å². The number of nitrogens with zero attached hydrogens (tertiary/aromatic N) is 1. The van der Waals surface area contributed by atoms with Gasteiger partial charge in [0.2, 0.25) is 0 Å².